The van der Waals surface area contributed by atoms with Crippen molar-refractivity contribution in [2.45, 2.75) is 19.8 Å². The van der Waals surface area contributed by atoms with Gasteiger partial charge in [-0.2, -0.15) is 0 Å². The summed E-state index contributed by atoms with van der Waals surface area (Å²) in [5.74, 6) is -0.00444. The van der Waals surface area contributed by atoms with E-state index in [1.165, 1.54) is 6.08 Å². The van der Waals surface area contributed by atoms with Gasteiger partial charge in [0.1, 0.15) is 6.29 Å². The monoisotopic (exact) mass is 292 g/mol. The predicted molar refractivity (Wildman–Crippen MR) is 56.0 cm³/mol. The number of ketones is 1. The van der Waals surface area contributed by atoms with E-state index in [0.29, 0.717) is 12.8 Å². The van der Waals surface area contributed by atoms with E-state index in [0.717, 1.165) is 6.29 Å². The molecule has 0 saturated carbocycles. The van der Waals surface area contributed by atoms with Crippen LogP contribution in [-0.2, 0) is 40.6 Å². The van der Waals surface area contributed by atoms with Crippen LogP contribution in [0.5, 0.6) is 0 Å². The molecular weight excluding hydrogens is 280 g/mol. The molecule has 0 amide bonds. The van der Waals surface area contributed by atoms with Crippen molar-refractivity contribution in [2.75, 3.05) is 0 Å². The molecule has 18 heavy (non-hydrogen) atoms. The van der Waals surface area contributed by atoms with Crippen LogP contribution in [0.15, 0.2) is 24.3 Å². The maximum absolute atomic E-state index is 10.8. The van der Waals surface area contributed by atoms with E-state index in [-0.39, 0.29) is 22.9 Å². The van der Waals surface area contributed by atoms with Crippen LogP contribution < -0.4 is 0 Å². The Kier molecular flexibility index (Phi) is 75.0. The first-order valence-electron chi connectivity index (χ1n) is 4.18. The minimum absolute atomic E-state index is 0. The van der Waals surface area contributed by atoms with Crippen molar-refractivity contribution in [1.82, 2.24) is 0 Å². The topological polar surface area (TPSA) is 93.8 Å². The van der Waals surface area contributed by atoms with E-state index in [1.807, 2.05) is 13.0 Å². The third-order valence-corrected chi connectivity index (χ3v) is 1.09. The molecule has 0 heterocycles. The van der Waals surface area contributed by atoms with Gasteiger partial charge in [-0.1, -0.05) is 18.2 Å². The number of carbonyl (C=O) groups excluding carboxylic acids is 2. The number of hydrogen-bond donors (Lipinski definition) is 0. The molecule has 0 fully saturated rings. The van der Waals surface area contributed by atoms with Crippen molar-refractivity contribution in [2.24, 2.45) is 0 Å². The van der Waals surface area contributed by atoms with Gasteiger partial charge in [0.05, 0.1) is 0 Å². The van der Waals surface area contributed by atoms with Crippen LogP contribution in [0, 0.1) is 20.0 Å². The van der Waals surface area contributed by atoms with Crippen LogP contribution >= 0.6 is 0 Å². The summed E-state index contributed by atoms with van der Waals surface area (Å²) in [5, 5.41) is 0. The fraction of sp³-hybridized carbons (Fsp3) is 0.250. The standard InChI is InChI=1S/C9H12O2.3CO.Fe/c1-2-3-4-6-9(11)7-5-8-10;3*1-2;/h2-4,6,8H,5,7H2,1H3;;;;/b3-2+,6-4+;;;;. The number of aldehydes is 1. The molecule has 98 valence electrons. The van der Waals surface area contributed by atoms with E-state index < -0.39 is 0 Å². The van der Waals surface area contributed by atoms with Gasteiger partial charge in [0.2, 0.25) is 0 Å². The summed E-state index contributed by atoms with van der Waals surface area (Å²) in [6.07, 6.45) is 8.15. The quantitative estimate of drug-likeness (QED) is 0.192. The smallest absolute Gasteiger partial charge is 0 e. The van der Waals surface area contributed by atoms with Gasteiger partial charge in [-0.15, -0.1) is 0 Å². The zero-order valence-corrected chi connectivity index (χ0v) is 10.8. The Morgan fingerprint density at radius 1 is 1.06 bits per heavy atom. The number of carbonyl (C=O) groups is 2. The third kappa shape index (κ3) is 46.8. The molecule has 5 nitrogen and oxygen atoms in total. The Morgan fingerprint density at radius 3 is 1.83 bits per heavy atom. The second-order valence-electron chi connectivity index (χ2n) is 2.06. The SMILES string of the molecule is C/C=C/C=C/C(=O)CCC=O.[C-]#[O+].[C-]#[O+].[C-]#[O+].[Fe]. The van der Waals surface area contributed by atoms with Gasteiger partial charge in [-0.05, 0) is 13.0 Å². The molecule has 0 aliphatic carbocycles. The summed E-state index contributed by atoms with van der Waals surface area (Å²) >= 11 is 0. The van der Waals surface area contributed by atoms with Crippen LogP contribution in [0.4, 0.5) is 0 Å². The zero-order valence-electron chi connectivity index (χ0n) is 9.70. The molecule has 0 atom stereocenters. The van der Waals surface area contributed by atoms with Crippen molar-refractivity contribution >= 4 is 12.1 Å². The summed E-state index contributed by atoms with van der Waals surface area (Å²) in [7, 11) is 0. The average molecular weight is 292 g/mol. The van der Waals surface area contributed by atoms with E-state index in [1.54, 1.807) is 12.2 Å². The van der Waals surface area contributed by atoms with Crippen LogP contribution in [0.2, 0.25) is 0 Å². The molecule has 0 radical (unpaired) electrons. The van der Waals surface area contributed by atoms with Gasteiger partial charge in [0, 0.05) is 29.9 Å². The van der Waals surface area contributed by atoms with Crippen molar-refractivity contribution < 1.29 is 40.6 Å². The first-order valence-corrected chi connectivity index (χ1v) is 4.18. The van der Waals surface area contributed by atoms with Crippen LogP contribution in [0.1, 0.15) is 19.8 Å². The molecule has 0 bridgehead atoms. The van der Waals surface area contributed by atoms with Gasteiger partial charge in [-0.25, -0.2) is 0 Å². The molecule has 0 spiro atoms. The summed E-state index contributed by atoms with van der Waals surface area (Å²) < 4.78 is 22.5. The Labute approximate surface area is 117 Å². The van der Waals surface area contributed by atoms with E-state index in [9.17, 15) is 9.59 Å². The van der Waals surface area contributed by atoms with Crippen molar-refractivity contribution in [3.63, 3.8) is 0 Å². The summed E-state index contributed by atoms with van der Waals surface area (Å²) in [5.41, 5.74) is 0. The van der Waals surface area contributed by atoms with Crippen molar-refractivity contribution in [3.8, 4) is 0 Å². The minimum atomic E-state index is -0.00444. The summed E-state index contributed by atoms with van der Waals surface area (Å²) in [6, 6.07) is 0. The number of rotatable bonds is 5. The van der Waals surface area contributed by atoms with E-state index in [4.69, 9.17) is 14.0 Å². The van der Waals surface area contributed by atoms with Gasteiger partial charge in [0.15, 0.2) is 5.78 Å². The Hall–Kier alpha value is -1.44. The zero-order chi connectivity index (χ0) is 14.5. The van der Waals surface area contributed by atoms with Crippen molar-refractivity contribution in [3.05, 3.63) is 44.3 Å². The van der Waals surface area contributed by atoms with Crippen LogP contribution in [-0.4, -0.2) is 12.1 Å². The molecule has 6 heteroatoms. The van der Waals surface area contributed by atoms with Gasteiger partial charge < -0.3 is 4.79 Å². The second-order valence-corrected chi connectivity index (χ2v) is 2.06. The summed E-state index contributed by atoms with van der Waals surface area (Å²) in [6.45, 7) is 15.4. The van der Waals surface area contributed by atoms with Gasteiger partial charge in [-0.3, -0.25) is 4.79 Å². The Morgan fingerprint density at radius 2 is 1.50 bits per heavy atom. The molecule has 0 unspecified atom stereocenters. The maximum atomic E-state index is 10.8. The molecule has 0 rings (SSSR count). The molecule has 0 aromatic rings. The number of hydrogen-bond acceptors (Lipinski definition) is 2. The molecule has 0 aliphatic heterocycles. The Bertz CT molecular complexity index is 272. The Balaban J connectivity index is -0.0000000700. The third-order valence-electron chi connectivity index (χ3n) is 1.09. The van der Waals surface area contributed by atoms with Gasteiger partial charge in [0.25, 0.3) is 0 Å². The first kappa shape index (κ1) is 30.0. The number of allylic oxidation sites excluding steroid dienone is 4. The van der Waals surface area contributed by atoms with E-state index in [2.05, 4.69) is 20.0 Å². The largest absolute Gasteiger partial charge is 0 e. The van der Waals surface area contributed by atoms with Crippen molar-refractivity contribution in [1.29, 1.82) is 0 Å². The molecular formula is C12H12FeO5. The molecule has 0 N–H and O–H groups in total. The maximum Gasteiger partial charge on any atom is 0 e. The summed E-state index contributed by atoms with van der Waals surface area (Å²) in [4.78, 5) is 20.6. The molecule has 0 aromatic heterocycles. The second kappa shape index (κ2) is 45.0. The van der Waals surface area contributed by atoms with Crippen LogP contribution in [0.25, 0.3) is 0 Å². The molecule has 0 aliphatic rings. The predicted octanol–water partition coefficient (Wildman–Crippen LogP) is 1.55. The normalized spacial score (nSPS) is 7.06. The average Bonchev–Trinajstić information content (AvgIpc) is 2.43. The first-order chi connectivity index (χ1) is 8.31. The van der Waals surface area contributed by atoms with E-state index >= 15 is 0 Å². The molecule has 0 aromatic carbocycles. The molecule has 0 saturated heterocycles. The van der Waals surface area contributed by atoms with Crippen LogP contribution in [0.3, 0.4) is 0 Å². The minimum Gasteiger partial charge on any atom is 0 e. The fourth-order valence-corrected chi connectivity index (χ4v) is 0.559. The van der Waals surface area contributed by atoms with Gasteiger partial charge >= 0.3 is 33.9 Å². The fourth-order valence-electron chi connectivity index (χ4n) is 0.559.